The van der Waals surface area contributed by atoms with Gasteiger partial charge in [0.05, 0.1) is 18.4 Å². The predicted octanol–water partition coefficient (Wildman–Crippen LogP) is 1.19. The maximum atomic E-state index is 13.9. The molecule has 1 saturated heterocycles. The zero-order valence-corrected chi connectivity index (χ0v) is 10.3. The quantitative estimate of drug-likeness (QED) is 0.739. The molecule has 0 amide bonds. The number of nitrogens with zero attached hydrogens (tertiary/aromatic N) is 1. The molecule has 1 fully saturated rings. The molecule has 1 heterocycles. The van der Waals surface area contributed by atoms with E-state index in [1.807, 2.05) is 4.90 Å². The first kappa shape index (κ1) is 13.1. The van der Waals surface area contributed by atoms with Crippen LogP contribution in [0.1, 0.15) is 12.8 Å². The van der Waals surface area contributed by atoms with Crippen molar-refractivity contribution < 1.29 is 14.6 Å². The summed E-state index contributed by atoms with van der Waals surface area (Å²) in [5.74, 6) is -0.250. The molecule has 1 aromatic rings. The van der Waals surface area contributed by atoms with E-state index >= 15 is 0 Å². The molecule has 1 aliphatic heterocycles. The van der Waals surface area contributed by atoms with Gasteiger partial charge >= 0.3 is 0 Å². The molecule has 0 bridgehead atoms. The number of anilines is 2. The zero-order valence-electron chi connectivity index (χ0n) is 10.3. The van der Waals surface area contributed by atoms with Gasteiger partial charge in [0.2, 0.25) is 0 Å². The van der Waals surface area contributed by atoms with E-state index in [4.69, 9.17) is 5.11 Å². The maximum absolute atomic E-state index is 13.9. The Morgan fingerprint density at radius 2 is 2.06 bits per heavy atom. The summed E-state index contributed by atoms with van der Waals surface area (Å²) in [5.41, 5.74) is 1.25. The lowest BCUT2D eigenvalue weighted by molar-refractivity contribution is 0.105. The van der Waals surface area contributed by atoms with E-state index in [1.54, 1.807) is 12.1 Å². The Labute approximate surface area is 106 Å². The molecule has 18 heavy (non-hydrogen) atoms. The molecule has 1 atom stereocenters. The maximum Gasteiger partial charge on any atom is 0.148 e. The van der Waals surface area contributed by atoms with Crippen LogP contribution in [0.15, 0.2) is 18.2 Å². The van der Waals surface area contributed by atoms with Gasteiger partial charge < -0.3 is 20.4 Å². The number of hydrogen-bond donors (Lipinski definition) is 3. The standard InChI is InChI=1S/C13H19FN2O2/c14-12-7-10(15-8-11(18)9-17)3-4-13(12)16-5-1-2-6-16/h3-4,7,11,15,17-18H,1-2,5-6,8-9H2. The van der Waals surface area contributed by atoms with Crippen molar-refractivity contribution in [3.05, 3.63) is 24.0 Å². The smallest absolute Gasteiger partial charge is 0.148 e. The van der Waals surface area contributed by atoms with Gasteiger partial charge in [0.1, 0.15) is 5.82 Å². The van der Waals surface area contributed by atoms with Gasteiger partial charge in [-0.25, -0.2) is 4.39 Å². The molecule has 4 nitrogen and oxygen atoms in total. The van der Waals surface area contributed by atoms with Crippen molar-refractivity contribution in [2.75, 3.05) is 36.5 Å². The van der Waals surface area contributed by atoms with Crippen molar-refractivity contribution in [2.24, 2.45) is 0 Å². The van der Waals surface area contributed by atoms with E-state index < -0.39 is 6.10 Å². The highest BCUT2D eigenvalue weighted by atomic mass is 19.1. The van der Waals surface area contributed by atoms with E-state index in [0.29, 0.717) is 11.4 Å². The summed E-state index contributed by atoms with van der Waals surface area (Å²) in [4.78, 5) is 2.04. The Kier molecular flexibility index (Phi) is 4.38. The number of aliphatic hydroxyl groups is 2. The molecule has 2 rings (SSSR count). The van der Waals surface area contributed by atoms with Crippen LogP contribution in [0.25, 0.3) is 0 Å². The van der Waals surface area contributed by atoms with Gasteiger partial charge in [-0.2, -0.15) is 0 Å². The second-order valence-corrected chi connectivity index (χ2v) is 4.58. The fourth-order valence-corrected chi connectivity index (χ4v) is 2.13. The third-order valence-electron chi connectivity index (χ3n) is 3.15. The Bertz CT molecular complexity index is 395. The molecule has 0 aliphatic carbocycles. The Morgan fingerprint density at radius 3 is 2.67 bits per heavy atom. The Balaban J connectivity index is 2.00. The van der Waals surface area contributed by atoms with Crippen LogP contribution >= 0.6 is 0 Å². The average molecular weight is 254 g/mol. The molecule has 1 unspecified atom stereocenters. The van der Waals surface area contributed by atoms with Crippen LogP contribution in [0.4, 0.5) is 15.8 Å². The predicted molar refractivity (Wildman–Crippen MR) is 69.4 cm³/mol. The topological polar surface area (TPSA) is 55.7 Å². The van der Waals surface area contributed by atoms with Gasteiger partial charge in [-0.1, -0.05) is 0 Å². The van der Waals surface area contributed by atoms with Crippen LogP contribution in [0.2, 0.25) is 0 Å². The normalized spacial score (nSPS) is 16.9. The molecule has 0 aromatic heterocycles. The minimum absolute atomic E-state index is 0.207. The first-order chi connectivity index (χ1) is 8.70. The summed E-state index contributed by atoms with van der Waals surface area (Å²) in [6.07, 6.45) is 1.40. The highest BCUT2D eigenvalue weighted by Gasteiger charge is 2.16. The Hall–Kier alpha value is -1.33. The van der Waals surface area contributed by atoms with Crippen LogP contribution in [0.3, 0.4) is 0 Å². The molecular formula is C13H19FN2O2. The van der Waals surface area contributed by atoms with Gasteiger partial charge in [0.15, 0.2) is 0 Å². The largest absolute Gasteiger partial charge is 0.394 e. The first-order valence-corrected chi connectivity index (χ1v) is 6.28. The molecule has 5 heteroatoms. The number of benzene rings is 1. The molecule has 0 saturated carbocycles. The van der Waals surface area contributed by atoms with Crippen LogP contribution in [0, 0.1) is 5.82 Å². The van der Waals surface area contributed by atoms with Gasteiger partial charge in [-0.3, -0.25) is 0 Å². The van der Waals surface area contributed by atoms with Crippen molar-refractivity contribution in [3.8, 4) is 0 Å². The van der Waals surface area contributed by atoms with Crippen LogP contribution in [-0.4, -0.2) is 42.6 Å². The lowest BCUT2D eigenvalue weighted by Gasteiger charge is -2.19. The molecule has 1 aliphatic rings. The van der Waals surface area contributed by atoms with Crippen molar-refractivity contribution in [3.63, 3.8) is 0 Å². The lowest BCUT2D eigenvalue weighted by atomic mass is 10.2. The molecule has 0 radical (unpaired) electrons. The fourth-order valence-electron chi connectivity index (χ4n) is 2.13. The van der Waals surface area contributed by atoms with Crippen molar-refractivity contribution in [1.29, 1.82) is 0 Å². The van der Waals surface area contributed by atoms with E-state index in [0.717, 1.165) is 25.9 Å². The van der Waals surface area contributed by atoms with Crippen molar-refractivity contribution >= 4 is 11.4 Å². The fraction of sp³-hybridized carbons (Fsp3) is 0.538. The van der Waals surface area contributed by atoms with Gasteiger partial charge in [0, 0.05) is 25.3 Å². The number of hydrogen-bond acceptors (Lipinski definition) is 4. The lowest BCUT2D eigenvalue weighted by Crippen LogP contribution is -2.23. The molecule has 0 spiro atoms. The zero-order chi connectivity index (χ0) is 13.0. The molecular weight excluding hydrogens is 235 g/mol. The summed E-state index contributed by atoms with van der Waals surface area (Å²) in [6, 6.07) is 4.98. The van der Waals surface area contributed by atoms with E-state index in [-0.39, 0.29) is 19.0 Å². The van der Waals surface area contributed by atoms with E-state index in [2.05, 4.69) is 5.32 Å². The van der Waals surface area contributed by atoms with Crippen molar-refractivity contribution in [2.45, 2.75) is 18.9 Å². The molecule has 3 N–H and O–H groups in total. The Morgan fingerprint density at radius 1 is 1.33 bits per heavy atom. The van der Waals surface area contributed by atoms with Gasteiger partial charge in [0.25, 0.3) is 0 Å². The second-order valence-electron chi connectivity index (χ2n) is 4.58. The summed E-state index contributed by atoms with van der Waals surface area (Å²) < 4.78 is 13.9. The number of aliphatic hydroxyl groups excluding tert-OH is 2. The average Bonchev–Trinajstić information content (AvgIpc) is 2.89. The minimum Gasteiger partial charge on any atom is -0.394 e. The van der Waals surface area contributed by atoms with E-state index in [1.165, 1.54) is 6.07 Å². The van der Waals surface area contributed by atoms with Crippen LogP contribution < -0.4 is 10.2 Å². The second kappa shape index (κ2) is 6.02. The third kappa shape index (κ3) is 3.11. The highest BCUT2D eigenvalue weighted by Crippen LogP contribution is 2.25. The van der Waals surface area contributed by atoms with Crippen LogP contribution in [-0.2, 0) is 0 Å². The third-order valence-corrected chi connectivity index (χ3v) is 3.15. The van der Waals surface area contributed by atoms with Gasteiger partial charge in [-0.05, 0) is 31.0 Å². The summed E-state index contributed by atoms with van der Waals surface area (Å²) in [5, 5.41) is 20.8. The number of halogens is 1. The minimum atomic E-state index is -0.827. The number of rotatable bonds is 5. The van der Waals surface area contributed by atoms with E-state index in [9.17, 15) is 9.50 Å². The monoisotopic (exact) mass is 254 g/mol. The number of nitrogens with one attached hydrogen (secondary N) is 1. The SMILES string of the molecule is OCC(O)CNc1ccc(N2CCCC2)c(F)c1. The van der Waals surface area contributed by atoms with Crippen molar-refractivity contribution in [1.82, 2.24) is 0 Å². The highest BCUT2D eigenvalue weighted by molar-refractivity contribution is 5.56. The van der Waals surface area contributed by atoms with Gasteiger partial charge in [-0.15, -0.1) is 0 Å². The van der Waals surface area contributed by atoms with Crippen LogP contribution in [0.5, 0.6) is 0 Å². The molecule has 1 aromatic carbocycles. The molecule has 100 valence electrons. The summed E-state index contributed by atoms with van der Waals surface area (Å²) >= 11 is 0. The summed E-state index contributed by atoms with van der Waals surface area (Å²) in [6.45, 7) is 1.72. The summed E-state index contributed by atoms with van der Waals surface area (Å²) in [7, 11) is 0. The first-order valence-electron chi connectivity index (χ1n) is 6.28.